The van der Waals surface area contributed by atoms with Gasteiger partial charge in [-0.1, -0.05) is 60.7 Å². The Morgan fingerprint density at radius 1 is 0.875 bits per heavy atom. The van der Waals surface area contributed by atoms with Crippen LogP contribution in [0.15, 0.2) is 60.7 Å². The van der Waals surface area contributed by atoms with Gasteiger partial charge in [0.25, 0.3) is 14.3 Å². The summed E-state index contributed by atoms with van der Waals surface area (Å²) in [5.74, 6) is -0.917. The molecule has 128 valence electrons. The highest BCUT2D eigenvalue weighted by atomic mass is 28.4. The third-order valence-electron chi connectivity index (χ3n) is 4.55. The molecule has 0 saturated carbocycles. The fourth-order valence-electron chi connectivity index (χ4n) is 3.59. The van der Waals surface area contributed by atoms with E-state index >= 15 is 0 Å². The Labute approximate surface area is 145 Å². The first kappa shape index (κ1) is 17.4. The van der Waals surface area contributed by atoms with Crippen molar-refractivity contribution in [3.63, 3.8) is 0 Å². The van der Waals surface area contributed by atoms with Crippen molar-refractivity contribution < 1.29 is 13.9 Å². The predicted octanol–water partition coefficient (Wildman–Crippen LogP) is 3.28. The van der Waals surface area contributed by atoms with E-state index in [4.69, 9.17) is 13.9 Å². The molecule has 1 fully saturated rings. The van der Waals surface area contributed by atoms with Crippen LogP contribution in [0.3, 0.4) is 0 Å². The highest BCUT2D eigenvalue weighted by Gasteiger charge is 2.51. The Kier molecular flexibility index (Phi) is 5.51. The SMILES string of the molecule is CCOC1(OCC)CCC[Si](c2ccccc2)(c2ccccc2)O1. The van der Waals surface area contributed by atoms with Crippen molar-refractivity contribution in [2.45, 2.75) is 38.7 Å². The summed E-state index contributed by atoms with van der Waals surface area (Å²) in [5.41, 5.74) is 0. The fraction of sp³-hybridized carbons (Fsp3) is 0.400. The number of benzene rings is 2. The van der Waals surface area contributed by atoms with E-state index in [1.54, 1.807) is 0 Å². The Balaban J connectivity index is 2.08. The molecule has 2 aromatic carbocycles. The topological polar surface area (TPSA) is 27.7 Å². The Hall–Kier alpha value is -1.46. The highest BCUT2D eigenvalue weighted by Crippen LogP contribution is 2.35. The molecule has 4 heteroatoms. The minimum absolute atomic E-state index is 0.577. The summed E-state index contributed by atoms with van der Waals surface area (Å²) in [6, 6.07) is 22.3. The second-order valence-electron chi connectivity index (χ2n) is 6.06. The minimum Gasteiger partial charge on any atom is -0.360 e. The third-order valence-corrected chi connectivity index (χ3v) is 8.80. The predicted molar refractivity (Wildman–Crippen MR) is 99.0 cm³/mol. The lowest BCUT2D eigenvalue weighted by Crippen LogP contribution is -2.67. The maximum atomic E-state index is 6.81. The zero-order valence-corrected chi connectivity index (χ0v) is 15.5. The molecule has 1 aliphatic heterocycles. The normalized spacial score (nSPS) is 19.1. The summed E-state index contributed by atoms with van der Waals surface area (Å²) in [6.45, 7) is 5.14. The first-order valence-corrected chi connectivity index (χ1v) is 11.0. The average molecular weight is 343 g/mol. The van der Waals surface area contributed by atoms with E-state index in [0.29, 0.717) is 13.2 Å². The molecule has 0 aromatic heterocycles. The highest BCUT2D eigenvalue weighted by molar-refractivity contribution is 6.97. The van der Waals surface area contributed by atoms with Gasteiger partial charge in [-0.3, -0.25) is 0 Å². The quantitative estimate of drug-likeness (QED) is 0.596. The van der Waals surface area contributed by atoms with E-state index in [-0.39, 0.29) is 0 Å². The molecule has 0 unspecified atom stereocenters. The fourth-order valence-corrected chi connectivity index (χ4v) is 7.73. The molecule has 0 amide bonds. The molecule has 2 aromatic rings. The summed E-state index contributed by atoms with van der Waals surface area (Å²) in [5, 5.41) is 2.55. The van der Waals surface area contributed by atoms with E-state index in [1.165, 1.54) is 10.4 Å². The zero-order chi connectivity index (χ0) is 16.9. The monoisotopic (exact) mass is 342 g/mol. The van der Waals surface area contributed by atoms with Gasteiger partial charge in [0.1, 0.15) is 0 Å². The molecule has 0 bridgehead atoms. The molecule has 3 nitrogen and oxygen atoms in total. The molecule has 0 spiro atoms. The van der Waals surface area contributed by atoms with Gasteiger partial charge in [0.05, 0.1) is 0 Å². The molecule has 1 aliphatic rings. The van der Waals surface area contributed by atoms with Crippen LogP contribution in [0.5, 0.6) is 0 Å². The largest absolute Gasteiger partial charge is 0.360 e. The van der Waals surface area contributed by atoms with E-state index in [1.807, 2.05) is 13.8 Å². The van der Waals surface area contributed by atoms with Gasteiger partial charge in [-0.05, 0) is 36.7 Å². The Morgan fingerprint density at radius 3 is 1.83 bits per heavy atom. The smallest absolute Gasteiger partial charge is 0.273 e. The van der Waals surface area contributed by atoms with Gasteiger partial charge in [0, 0.05) is 19.6 Å². The van der Waals surface area contributed by atoms with Gasteiger partial charge < -0.3 is 13.9 Å². The van der Waals surface area contributed by atoms with Crippen LogP contribution >= 0.6 is 0 Å². The maximum Gasteiger partial charge on any atom is 0.273 e. The van der Waals surface area contributed by atoms with Crippen LogP contribution < -0.4 is 10.4 Å². The van der Waals surface area contributed by atoms with Crippen molar-refractivity contribution in [2.24, 2.45) is 0 Å². The Morgan fingerprint density at radius 2 is 1.38 bits per heavy atom. The number of ether oxygens (including phenoxy) is 2. The second-order valence-corrected chi connectivity index (χ2v) is 9.58. The van der Waals surface area contributed by atoms with Crippen LogP contribution in [0, 0.1) is 0 Å². The Bertz CT molecular complexity index is 579. The van der Waals surface area contributed by atoms with E-state index in [0.717, 1.165) is 18.9 Å². The van der Waals surface area contributed by atoms with Crippen molar-refractivity contribution in [3.8, 4) is 0 Å². The molecule has 0 radical (unpaired) electrons. The van der Waals surface area contributed by atoms with Gasteiger partial charge in [-0.2, -0.15) is 0 Å². The van der Waals surface area contributed by atoms with Gasteiger partial charge in [-0.15, -0.1) is 0 Å². The molecule has 0 N–H and O–H groups in total. The number of hydrogen-bond donors (Lipinski definition) is 0. The lowest BCUT2D eigenvalue weighted by molar-refractivity contribution is -0.352. The third kappa shape index (κ3) is 3.33. The van der Waals surface area contributed by atoms with Gasteiger partial charge in [-0.25, -0.2) is 0 Å². The van der Waals surface area contributed by atoms with E-state index in [2.05, 4.69) is 60.7 Å². The van der Waals surface area contributed by atoms with Crippen molar-refractivity contribution >= 4 is 18.7 Å². The molecule has 3 rings (SSSR count). The molecule has 0 aliphatic carbocycles. The lowest BCUT2D eigenvalue weighted by atomic mass is 10.3. The molecular weight excluding hydrogens is 316 g/mol. The molecule has 0 atom stereocenters. The first-order chi connectivity index (χ1) is 11.7. The lowest BCUT2D eigenvalue weighted by Gasteiger charge is -2.46. The second kappa shape index (κ2) is 7.62. The summed E-state index contributed by atoms with van der Waals surface area (Å²) in [4.78, 5) is 0. The van der Waals surface area contributed by atoms with Crippen LogP contribution in [-0.2, 0) is 13.9 Å². The van der Waals surface area contributed by atoms with Crippen LogP contribution in [-0.4, -0.2) is 27.5 Å². The summed E-state index contributed by atoms with van der Waals surface area (Å²) in [6.07, 6.45) is 1.82. The first-order valence-electron chi connectivity index (χ1n) is 8.84. The minimum atomic E-state index is -2.39. The standard InChI is InChI=1S/C20H26O3Si/c1-3-21-20(22-4-2)16-11-17-24(23-20,18-12-7-5-8-13-18)19-14-9-6-10-15-19/h5-10,12-15H,3-4,11,16-17H2,1-2H3. The zero-order valence-electron chi connectivity index (χ0n) is 14.5. The maximum absolute atomic E-state index is 6.81. The van der Waals surface area contributed by atoms with Crippen molar-refractivity contribution in [1.29, 1.82) is 0 Å². The molecule has 1 heterocycles. The van der Waals surface area contributed by atoms with Gasteiger partial charge >= 0.3 is 0 Å². The molecule has 1 saturated heterocycles. The number of hydrogen-bond acceptors (Lipinski definition) is 3. The van der Waals surface area contributed by atoms with Crippen molar-refractivity contribution in [2.75, 3.05) is 13.2 Å². The molecular formula is C20H26O3Si. The van der Waals surface area contributed by atoms with Crippen molar-refractivity contribution in [3.05, 3.63) is 60.7 Å². The number of rotatable bonds is 6. The van der Waals surface area contributed by atoms with Gasteiger partial charge in [0.2, 0.25) is 0 Å². The van der Waals surface area contributed by atoms with Crippen LogP contribution in [0.1, 0.15) is 26.7 Å². The van der Waals surface area contributed by atoms with E-state index in [9.17, 15) is 0 Å². The van der Waals surface area contributed by atoms with Crippen molar-refractivity contribution in [1.82, 2.24) is 0 Å². The van der Waals surface area contributed by atoms with Gasteiger partial charge in [0.15, 0.2) is 0 Å². The van der Waals surface area contributed by atoms with E-state index < -0.39 is 14.3 Å². The van der Waals surface area contributed by atoms with Crippen LogP contribution in [0.2, 0.25) is 6.04 Å². The summed E-state index contributed by atoms with van der Waals surface area (Å²) in [7, 11) is -2.39. The average Bonchev–Trinajstić information content (AvgIpc) is 2.64. The molecule has 24 heavy (non-hydrogen) atoms. The summed E-state index contributed by atoms with van der Waals surface area (Å²) < 4.78 is 18.8. The van der Waals surface area contributed by atoms with Crippen LogP contribution in [0.25, 0.3) is 0 Å². The van der Waals surface area contributed by atoms with Crippen LogP contribution in [0.4, 0.5) is 0 Å². The summed E-state index contributed by atoms with van der Waals surface area (Å²) >= 11 is 0.